The number of methoxy groups -OCH3 is 1. The van der Waals surface area contributed by atoms with Crippen LogP contribution in [0.2, 0.25) is 0 Å². The van der Waals surface area contributed by atoms with Gasteiger partial charge in [-0.15, -0.1) is 0 Å². The van der Waals surface area contributed by atoms with Gasteiger partial charge in [0.1, 0.15) is 18.1 Å². The number of hydrogen-bond acceptors (Lipinski definition) is 3. The molecule has 1 N–H and O–H groups in total. The zero-order valence-electron chi connectivity index (χ0n) is 14.7. The third-order valence-corrected chi connectivity index (χ3v) is 3.68. The minimum Gasteiger partial charge on any atom is -0.495 e. The van der Waals surface area contributed by atoms with E-state index in [4.69, 9.17) is 4.74 Å². The average Bonchev–Trinajstić information content (AvgIpc) is 2.64. The Morgan fingerprint density at radius 3 is 2.65 bits per heavy atom. The summed E-state index contributed by atoms with van der Waals surface area (Å²) in [6.07, 6.45) is 2.85. The molecule has 2 aromatic carbocycles. The molecule has 0 atom stereocenters. The van der Waals surface area contributed by atoms with E-state index >= 15 is 0 Å². The van der Waals surface area contributed by atoms with Crippen molar-refractivity contribution < 1.29 is 18.7 Å². The summed E-state index contributed by atoms with van der Waals surface area (Å²) in [4.78, 5) is 25.9. The van der Waals surface area contributed by atoms with E-state index < -0.39 is 0 Å². The molecule has 0 aliphatic rings. The predicted molar refractivity (Wildman–Crippen MR) is 99.3 cm³/mol. The summed E-state index contributed by atoms with van der Waals surface area (Å²) >= 11 is 0. The van der Waals surface area contributed by atoms with Crippen LogP contribution in [0.15, 0.2) is 54.6 Å². The monoisotopic (exact) mass is 356 g/mol. The molecule has 0 saturated carbocycles. The van der Waals surface area contributed by atoms with Crippen molar-refractivity contribution in [3.05, 3.63) is 66.0 Å². The minimum absolute atomic E-state index is 0.0964. The first-order valence-electron chi connectivity index (χ1n) is 8.19. The molecule has 2 rings (SSSR count). The highest BCUT2D eigenvalue weighted by Crippen LogP contribution is 2.22. The largest absolute Gasteiger partial charge is 0.495 e. The molecular weight excluding hydrogens is 335 g/mol. The Kier molecular flexibility index (Phi) is 6.91. The Morgan fingerprint density at radius 1 is 1.19 bits per heavy atom. The van der Waals surface area contributed by atoms with Crippen LogP contribution in [0.1, 0.15) is 12.5 Å². The Labute approximate surface area is 152 Å². The first-order valence-corrected chi connectivity index (χ1v) is 8.19. The summed E-state index contributed by atoms with van der Waals surface area (Å²) in [7, 11) is 1.52. The topological polar surface area (TPSA) is 58.6 Å². The molecule has 0 bridgehead atoms. The predicted octanol–water partition coefficient (Wildman–Crippen LogP) is 3.33. The number of carbonyl (C=O) groups excluding carboxylic acids is 2. The van der Waals surface area contributed by atoms with Gasteiger partial charge in [-0.25, -0.2) is 4.39 Å². The molecule has 0 saturated heterocycles. The van der Waals surface area contributed by atoms with E-state index in [2.05, 4.69) is 5.32 Å². The van der Waals surface area contributed by atoms with E-state index in [0.717, 1.165) is 0 Å². The van der Waals surface area contributed by atoms with Gasteiger partial charge in [-0.3, -0.25) is 9.59 Å². The van der Waals surface area contributed by atoms with Crippen LogP contribution < -0.4 is 10.1 Å². The number of nitrogens with one attached hydrogen (secondary N) is 1. The second kappa shape index (κ2) is 9.36. The molecule has 0 fully saturated rings. The molecular formula is C20H21FN2O3. The Hall–Kier alpha value is -3.15. The summed E-state index contributed by atoms with van der Waals surface area (Å²) in [5.41, 5.74) is 1.12. The van der Waals surface area contributed by atoms with Crippen LogP contribution in [0.5, 0.6) is 5.75 Å². The van der Waals surface area contributed by atoms with Crippen LogP contribution in [0, 0.1) is 5.82 Å². The van der Waals surface area contributed by atoms with Crippen LogP contribution in [0.4, 0.5) is 10.1 Å². The quantitative estimate of drug-likeness (QED) is 0.774. The lowest BCUT2D eigenvalue weighted by Gasteiger charge is -2.19. The number of carbonyl (C=O) groups is 2. The Balaban J connectivity index is 1.99. The molecule has 0 aliphatic heterocycles. The SMILES string of the molecule is CCN(CC(=O)Nc1ccccc1OC)C(=O)/C=C/c1cccc(F)c1. The van der Waals surface area contributed by atoms with Crippen molar-refractivity contribution in [2.45, 2.75) is 6.92 Å². The van der Waals surface area contributed by atoms with Crippen molar-refractivity contribution in [1.82, 2.24) is 4.90 Å². The number of rotatable bonds is 7. The lowest BCUT2D eigenvalue weighted by Crippen LogP contribution is -2.36. The van der Waals surface area contributed by atoms with E-state index in [1.54, 1.807) is 43.3 Å². The summed E-state index contributed by atoms with van der Waals surface area (Å²) in [6, 6.07) is 13.0. The van der Waals surface area contributed by atoms with Gasteiger partial charge in [0.15, 0.2) is 0 Å². The fourth-order valence-corrected chi connectivity index (χ4v) is 2.34. The van der Waals surface area contributed by atoms with Gasteiger partial charge in [-0.1, -0.05) is 24.3 Å². The normalized spacial score (nSPS) is 10.6. The molecule has 0 aromatic heterocycles. The summed E-state index contributed by atoms with van der Waals surface area (Å²) in [5.74, 6) is -0.486. The number of likely N-dealkylation sites (N-methyl/N-ethyl adjacent to an activating group) is 1. The number of halogens is 1. The van der Waals surface area contributed by atoms with E-state index in [9.17, 15) is 14.0 Å². The maximum Gasteiger partial charge on any atom is 0.247 e. The van der Waals surface area contributed by atoms with Gasteiger partial charge in [0.2, 0.25) is 11.8 Å². The third-order valence-electron chi connectivity index (χ3n) is 3.68. The van der Waals surface area contributed by atoms with Gasteiger partial charge < -0.3 is 15.0 Å². The molecule has 0 radical (unpaired) electrons. The second-order valence-corrected chi connectivity index (χ2v) is 5.49. The molecule has 6 heteroatoms. The maximum atomic E-state index is 13.2. The molecule has 0 spiro atoms. The van der Waals surface area contributed by atoms with E-state index in [-0.39, 0.29) is 24.2 Å². The fourth-order valence-electron chi connectivity index (χ4n) is 2.34. The van der Waals surface area contributed by atoms with Crippen LogP contribution in [0.3, 0.4) is 0 Å². The lowest BCUT2D eigenvalue weighted by molar-refractivity contribution is -0.130. The summed E-state index contributed by atoms with van der Waals surface area (Å²) in [5, 5.41) is 2.73. The van der Waals surface area contributed by atoms with Crippen LogP contribution in [0.25, 0.3) is 6.08 Å². The zero-order chi connectivity index (χ0) is 18.9. The molecule has 0 unspecified atom stereocenters. The van der Waals surface area contributed by atoms with E-state index in [0.29, 0.717) is 23.5 Å². The first kappa shape index (κ1) is 19.2. The van der Waals surface area contributed by atoms with Crippen LogP contribution in [-0.4, -0.2) is 36.9 Å². The van der Waals surface area contributed by atoms with E-state index in [1.807, 2.05) is 0 Å². The number of ether oxygens (including phenoxy) is 1. The van der Waals surface area contributed by atoms with Gasteiger partial charge in [0, 0.05) is 12.6 Å². The van der Waals surface area contributed by atoms with Gasteiger partial charge in [0.25, 0.3) is 0 Å². The van der Waals surface area contributed by atoms with Gasteiger partial charge in [-0.2, -0.15) is 0 Å². The van der Waals surface area contributed by atoms with Crippen LogP contribution >= 0.6 is 0 Å². The number of benzene rings is 2. The number of para-hydroxylation sites is 2. The van der Waals surface area contributed by atoms with Crippen molar-refractivity contribution >= 4 is 23.6 Å². The first-order chi connectivity index (χ1) is 12.5. The van der Waals surface area contributed by atoms with Crippen molar-refractivity contribution in [2.24, 2.45) is 0 Å². The van der Waals surface area contributed by atoms with Crippen molar-refractivity contribution in [2.75, 3.05) is 25.5 Å². The average molecular weight is 356 g/mol. The molecule has 136 valence electrons. The standard InChI is InChI=1S/C20H21FN2O3/c1-3-23(20(25)12-11-15-7-6-8-16(21)13-15)14-19(24)22-17-9-4-5-10-18(17)26-2/h4-13H,3,14H2,1-2H3,(H,22,24)/b12-11+. The van der Waals surface area contributed by atoms with Gasteiger partial charge >= 0.3 is 0 Å². The molecule has 0 heterocycles. The molecule has 0 aliphatic carbocycles. The van der Waals surface area contributed by atoms with Crippen molar-refractivity contribution in [3.8, 4) is 5.75 Å². The van der Waals surface area contributed by atoms with Gasteiger partial charge in [0.05, 0.1) is 12.8 Å². The lowest BCUT2D eigenvalue weighted by atomic mass is 10.2. The molecule has 26 heavy (non-hydrogen) atoms. The highest BCUT2D eigenvalue weighted by molar-refractivity contribution is 5.98. The third kappa shape index (κ3) is 5.44. The van der Waals surface area contributed by atoms with Crippen molar-refractivity contribution in [3.63, 3.8) is 0 Å². The highest BCUT2D eigenvalue weighted by Gasteiger charge is 2.14. The number of anilines is 1. The summed E-state index contributed by atoms with van der Waals surface area (Å²) in [6.45, 7) is 2.05. The zero-order valence-corrected chi connectivity index (χ0v) is 14.7. The number of nitrogens with zero attached hydrogens (tertiary/aromatic N) is 1. The number of amides is 2. The highest BCUT2D eigenvalue weighted by atomic mass is 19.1. The molecule has 2 amide bonds. The minimum atomic E-state index is -0.372. The van der Waals surface area contributed by atoms with Crippen LogP contribution in [-0.2, 0) is 9.59 Å². The smallest absolute Gasteiger partial charge is 0.247 e. The van der Waals surface area contributed by atoms with E-state index in [1.165, 1.54) is 36.3 Å². The Morgan fingerprint density at radius 2 is 1.96 bits per heavy atom. The Bertz CT molecular complexity index is 805. The fraction of sp³-hybridized carbons (Fsp3) is 0.200. The molecule has 5 nitrogen and oxygen atoms in total. The second-order valence-electron chi connectivity index (χ2n) is 5.49. The summed E-state index contributed by atoms with van der Waals surface area (Å²) < 4.78 is 18.3. The van der Waals surface area contributed by atoms with Crippen molar-refractivity contribution in [1.29, 1.82) is 0 Å². The maximum absolute atomic E-state index is 13.2. The number of hydrogen-bond donors (Lipinski definition) is 1. The molecule has 2 aromatic rings. The van der Waals surface area contributed by atoms with Gasteiger partial charge in [-0.05, 0) is 42.8 Å².